The van der Waals surface area contributed by atoms with Crippen molar-refractivity contribution in [1.29, 1.82) is 0 Å². The second-order valence-corrected chi connectivity index (χ2v) is 8.03. The SMILES string of the molecule is Cc1ccc(CC(C)Nc2ncc(S(N)(=O)=O)s2)c(C)c1. The van der Waals surface area contributed by atoms with Crippen LogP contribution in [0.5, 0.6) is 0 Å². The molecule has 1 aromatic heterocycles. The van der Waals surface area contributed by atoms with Gasteiger partial charge in [-0.05, 0) is 38.3 Å². The highest BCUT2D eigenvalue weighted by Gasteiger charge is 2.14. The number of nitrogens with one attached hydrogen (secondary N) is 1. The van der Waals surface area contributed by atoms with E-state index in [0.29, 0.717) is 5.13 Å². The van der Waals surface area contributed by atoms with Gasteiger partial charge < -0.3 is 5.32 Å². The fourth-order valence-electron chi connectivity index (χ4n) is 2.12. The van der Waals surface area contributed by atoms with Crippen LogP contribution < -0.4 is 10.5 Å². The summed E-state index contributed by atoms with van der Waals surface area (Å²) < 4.78 is 22.5. The van der Waals surface area contributed by atoms with Crippen LogP contribution in [0.1, 0.15) is 23.6 Å². The Kier molecular flexibility index (Phi) is 4.65. The minimum absolute atomic E-state index is 0.0729. The monoisotopic (exact) mass is 325 g/mol. The number of anilines is 1. The minimum atomic E-state index is -3.67. The minimum Gasteiger partial charge on any atom is -0.359 e. The van der Waals surface area contributed by atoms with E-state index in [9.17, 15) is 8.42 Å². The smallest absolute Gasteiger partial charge is 0.249 e. The zero-order valence-electron chi connectivity index (χ0n) is 12.3. The average Bonchev–Trinajstić information content (AvgIpc) is 2.81. The lowest BCUT2D eigenvalue weighted by molar-refractivity contribution is 0.599. The van der Waals surface area contributed by atoms with Crippen molar-refractivity contribution in [1.82, 2.24) is 4.98 Å². The molecule has 1 aromatic carbocycles. The summed E-state index contributed by atoms with van der Waals surface area (Å²) in [6, 6.07) is 6.52. The zero-order chi connectivity index (χ0) is 15.6. The molecule has 2 rings (SSSR count). The molecule has 0 radical (unpaired) electrons. The quantitative estimate of drug-likeness (QED) is 0.884. The molecule has 0 fully saturated rings. The lowest BCUT2D eigenvalue weighted by atomic mass is 10.00. The van der Waals surface area contributed by atoms with Gasteiger partial charge in [-0.3, -0.25) is 0 Å². The molecule has 1 atom stereocenters. The van der Waals surface area contributed by atoms with Crippen LogP contribution in [0.4, 0.5) is 5.13 Å². The summed E-state index contributed by atoms with van der Waals surface area (Å²) in [6.45, 7) is 6.21. The van der Waals surface area contributed by atoms with Crippen LogP contribution in [-0.2, 0) is 16.4 Å². The second-order valence-electron chi connectivity index (χ2n) is 5.21. The first kappa shape index (κ1) is 15.9. The normalized spacial score (nSPS) is 13.1. The molecule has 0 amide bonds. The Hall–Kier alpha value is -1.44. The summed E-state index contributed by atoms with van der Waals surface area (Å²) >= 11 is 1.05. The van der Waals surface area contributed by atoms with E-state index in [1.807, 2.05) is 6.92 Å². The van der Waals surface area contributed by atoms with Gasteiger partial charge in [0, 0.05) is 6.04 Å². The Morgan fingerprint density at radius 1 is 1.38 bits per heavy atom. The number of thiazole rings is 1. The van der Waals surface area contributed by atoms with E-state index < -0.39 is 10.0 Å². The van der Waals surface area contributed by atoms with Gasteiger partial charge in [-0.15, -0.1) is 0 Å². The molecule has 5 nitrogen and oxygen atoms in total. The molecule has 0 spiro atoms. The predicted molar refractivity (Wildman–Crippen MR) is 86.2 cm³/mol. The van der Waals surface area contributed by atoms with E-state index in [4.69, 9.17) is 5.14 Å². The highest BCUT2D eigenvalue weighted by Crippen LogP contribution is 2.23. The number of nitrogens with two attached hydrogens (primary N) is 1. The molecule has 0 saturated carbocycles. The summed E-state index contributed by atoms with van der Waals surface area (Å²) in [5.41, 5.74) is 3.77. The molecule has 0 aliphatic rings. The van der Waals surface area contributed by atoms with Crippen molar-refractivity contribution in [3.05, 3.63) is 41.1 Å². The Morgan fingerprint density at radius 2 is 2.10 bits per heavy atom. The van der Waals surface area contributed by atoms with Crippen LogP contribution in [0, 0.1) is 13.8 Å². The second kappa shape index (κ2) is 6.13. The van der Waals surface area contributed by atoms with E-state index in [1.54, 1.807) is 0 Å². The Labute approximate surface area is 129 Å². The van der Waals surface area contributed by atoms with Gasteiger partial charge in [0.05, 0.1) is 6.20 Å². The van der Waals surface area contributed by atoms with Gasteiger partial charge in [0.15, 0.2) is 9.34 Å². The van der Waals surface area contributed by atoms with Gasteiger partial charge in [0.2, 0.25) is 10.0 Å². The average molecular weight is 325 g/mol. The summed E-state index contributed by atoms with van der Waals surface area (Å²) in [5.74, 6) is 0. The fourth-order valence-corrected chi connectivity index (χ4v) is 3.69. The van der Waals surface area contributed by atoms with Gasteiger partial charge in [-0.25, -0.2) is 18.5 Å². The molecule has 7 heteroatoms. The van der Waals surface area contributed by atoms with Crippen LogP contribution in [0.25, 0.3) is 0 Å². The highest BCUT2D eigenvalue weighted by molar-refractivity contribution is 7.91. The first-order valence-electron chi connectivity index (χ1n) is 6.57. The molecule has 1 heterocycles. The van der Waals surface area contributed by atoms with Gasteiger partial charge in [0.25, 0.3) is 0 Å². The number of aryl methyl sites for hydroxylation is 2. The Morgan fingerprint density at radius 3 is 2.67 bits per heavy atom. The molecule has 114 valence electrons. The largest absolute Gasteiger partial charge is 0.359 e. The Bertz CT molecular complexity index is 738. The summed E-state index contributed by atoms with van der Waals surface area (Å²) in [6.07, 6.45) is 2.13. The van der Waals surface area contributed by atoms with Crippen molar-refractivity contribution in [3.8, 4) is 0 Å². The number of rotatable bonds is 5. The summed E-state index contributed by atoms with van der Waals surface area (Å²) in [7, 11) is -3.67. The van der Waals surface area contributed by atoms with E-state index in [-0.39, 0.29) is 10.3 Å². The summed E-state index contributed by atoms with van der Waals surface area (Å²) in [4.78, 5) is 4.05. The number of hydrogen-bond acceptors (Lipinski definition) is 5. The molecule has 1 unspecified atom stereocenters. The third-order valence-corrected chi connectivity index (χ3v) is 5.50. The van der Waals surface area contributed by atoms with Crippen LogP contribution in [-0.4, -0.2) is 19.4 Å². The fraction of sp³-hybridized carbons (Fsp3) is 0.357. The maximum absolute atomic E-state index is 11.2. The molecule has 0 aliphatic carbocycles. The highest BCUT2D eigenvalue weighted by atomic mass is 32.2. The van der Waals surface area contributed by atoms with Crippen LogP contribution >= 0.6 is 11.3 Å². The molecule has 2 aromatic rings. The maximum Gasteiger partial charge on any atom is 0.249 e. The van der Waals surface area contributed by atoms with Crippen molar-refractivity contribution >= 4 is 26.5 Å². The van der Waals surface area contributed by atoms with Crippen molar-refractivity contribution in [3.63, 3.8) is 0 Å². The van der Waals surface area contributed by atoms with E-state index >= 15 is 0 Å². The van der Waals surface area contributed by atoms with Crippen molar-refractivity contribution in [2.24, 2.45) is 5.14 Å². The number of benzene rings is 1. The molecule has 3 N–H and O–H groups in total. The van der Waals surface area contributed by atoms with Gasteiger partial charge in [-0.2, -0.15) is 0 Å². The molecular formula is C14H19N3O2S2. The van der Waals surface area contributed by atoms with E-state index in [1.165, 1.54) is 22.9 Å². The number of primary sulfonamides is 1. The van der Waals surface area contributed by atoms with Gasteiger partial charge in [-0.1, -0.05) is 35.1 Å². The zero-order valence-corrected chi connectivity index (χ0v) is 13.9. The lowest BCUT2D eigenvalue weighted by Gasteiger charge is -2.15. The lowest BCUT2D eigenvalue weighted by Crippen LogP contribution is -2.18. The van der Waals surface area contributed by atoms with E-state index in [2.05, 4.69) is 42.3 Å². The van der Waals surface area contributed by atoms with Crippen molar-refractivity contribution < 1.29 is 8.42 Å². The predicted octanol–water partition coefficient (Wildman–Crippen LogP) is 2.45. The van der Waals surface area contributed by atoms with Crippen LogP contribution in [0.3, 0.4) is 0 Å². The third-order valence-electron chi connectivity index (χ3n) is 3.16. The number of nitrogens with zero attached hydrogens (tertiary/aromatic N) is 1. The number of aromatic nitrogens is 1. The Balaban J connectivity index is 2.05. The summed E-state index contributed by atoms with van der Waals surface area (Å²) in [5, 5.41) is 8.85. The first-order valence-corrected chi connectivity index (χ1v) is 8.93. The first-order chi connectivity index (χ1) is 9.75. The molecule has 0 saturated heterocycles. The van der Waals surface area contributed by atoms with Gasteiger partial charge in [0.1, 0.15) is 0 Å². The van der Waals surface area contributed by atoms with Crippen LogP contribution in [0.15, 0.2) is 28.6 Å². The standard InChI is InChI=1S/C14H19N3O2S2/c1-9-4-5-12(10(2)6-9)7-11(3)17-14-16-8-13(20-14)21(15,18)19/h4-6,8,11H,7H2,1-3H3,(H,16,17)(H2,15,18,19). The molecule has 0 aliphatic heterocycles. The van der Waals surface area contributed by atoms with E-state index in [0.717, 1.165) is 17.8 Å². The number of sulfonamides is 1. The number of hydrogen-bond donors (Lipinski definition) is 2. The molecule has 21 heavy (non-hydrogen) atoms. The molecule has 0 bridgehead atoms. The molecular weight excluding hydrogens is 306 g/mol. The van der Waals surface area contributed by atoms with Gasteiger partial charge >= 0.3 is 0 Å². The van der Waals surface area contributed by atoms with Crippen LogP contribution in [0.2, 0.25) is 0 Å². The van der Waals surface area contributed by atoms with Crippen molar-refractivity contribution in [2.75, 3.05) is 5.32 Å². The van der Waals surface area contributed by atoms with Crippen molar-refractivity contribution in [2.45, 2.75) is 37.4 Å². The third kappa shape index (κ3) is 4.26. The topological polar surface area (TPSA) is 85.1 Å². The maximum atomic E-state index is 11.2.